The Morgan fingerprint density at radius 1 is 1.24 bits per heavy atom. The molecule has 0 saturated carbocycles. The summed E-state index contributed by atoms with van der Waals surface area (Å²) >= 11 is 6.31. The highest BCUT2D eigenvalue weighted by molar-refractivity contribution is 6.31. The van der Waals surface area contributed by atoms with Crippen molar-refractivity contribution in [2.45, 2.75) is 40.1 Å². The van der Waals surface area contributed by atoms with Gasteiger partial charge < -0.3 is 10.1 Å². The molecule has 21 heavy (non-hydrogen) atoms. The van der Waals surface area contributed by atoms with Crippen molar-refractivity contribution in [1.82, 2.24) is 15.1 Å². The van der Waals surface area contributed by atoms with Crippen LogP contribution in [0.2, 0.25) is 5.02 Å². The normalized spacial score (nSPS) is 11.0. The number of ether oxygens (including phenoxy) is 1. The van der Waals surface area contributed by atoms with E-state index in [1.807, 2.05) is 23.7 Å². The van der Waals surface area contributed by atoms with Crippen molar-refractivity contribution in [3.8, 4) is 0 Å². The van der Waals surface area contributed by atoms with E-state index < -0.39 is 0 Å². The predicted octanol–water partition coefficient (Wildman–Crippen LogP) is 3.30. The summed E-state index contributed by atoms with van der Waals surface area (Å²) in [6.45, 7) is 6.94. The molecule has 0 aliphatic heterocycles. The van der Waals surface area contributed by atoms with Gasteiger partial charge in [0.25, 0.3) is 0 Å². The molecule has 2 aromatic rings. The SMILES string of the molecule is CCn1nc(C)c(Cl)c1CNCc1ccccc1COC. The lowest BCUT2D eigenvalue weighted by Gasteiger charge is -2.11. The van der Waals surface area contributed by atoms with Crippen LogP contribution in [0.25, 0.3) is 0 Å². The fourth-order valence-corrected chi connectivity index (χ4v) is 2.58. The van der Waals surface area contributed by atoms with Gasteiger partial charge in [-0.05, 0) is 25.0 Å². The smallest absolute Gasteiger partial charge is 0.0860 e. The van der Waals surface area contributed by atoms with Gasteiger partial charge in [-0.2, -0.15) is 5.10 Å². The predicted molar refractivity (Wildman–Crippen MR) is 85.3 cm³/mol. The highest BCUT2D eigenvalue weighted by Gasteiger charge is 2.12. The first-order valence-electron chi connectivity index (χ1n) is 7.15. The minimum absolute atomic E-state index is 0.630. The number of nitrogens with zero attached hydrogens (tertiary/aromatic N) is 2. The summed E-state index contributed by atoms with van der Waals surface area (Å²) in [6, 6.07) is 8.28. The Hall–Kier alpha value is -1.36. The minimum Gasteiger partial charge on any atom is -0.380 e. The molecule has 0 aliphatic carbocycles. The molecule has 1 aromatic heterocycles. The molecule has 0 bridgehead atoms. The summed E-state index contributed by atoms with van der Waals surface area (Å²) in [5.41, 5.74) is 4.38. The van der Waals surface area contributed by atoms with E-state index in [1.54, 1.807) is 7.11 Å². The second-order valence-corrected chi connectivity index (χ2v) is 5.35. The van der Waals surface area contributed by atoms with Gasteiger partial charge in [0.15, 0.2) is 0 Å². The fraction of sp³-hybridized carbons (Fsp3) is 0.438. The molecule has 4 nitrogen and oxygen atoms in total. The third-order valence-electron chi connectivity index (χ3n) is 3.48. The fourth-order valence-electron chi connectivity index (χ4n) is 2.38. The van der Waals surface area contributed by atoms with Crippen LogP contribution in [-0.4, -0.2) is 16.9 Å². The van der Waals surface area contributed by atoms with Crippen molar-refractivity contribution in [3.63, 3.8) is 0 Å². The first-order valence-corrected chi connectivity index (χ1v) is 7.53. The van der Waals surface area contributed by atoms with E-state index in [9.17, 15) is 0 Å². The van der Waals surface area contributed by atoms with E-state index in [-0.39, 0.29) is 0 Å². The van der Waals surface area contributed by atoms with E-state index in [4.69, 9.17) is 16.3 Å². The Balaban J connectivity index is 2.02. The van der Waals surface area contributed by atoms with Crippen LogP contribution in [0.4, 0.5) is 0 Å². The van der Waals surface area contributed by atoms with Crippen molar-refractivity contribution in [2.75, 3.05) is 7.11 Å². The van der Waals surface area contributed by atoms with Crippen LogP contribution in [0, 0.1) is 6.92 Å². The molecule has 114 valence electrons. The summed E-state index contributed by atoms with van der Waals surface area (Å²) in [5, 5.41) is 8.63. The van der Waals surface area contributed by atoms with Crippen LogP contribution < -0.4 is 5.32 Å². The molecule has 0 atom stereocenters. The van der Waals surface area contributed by atoms with Crippen LogP contribution in [-0.2, 0) is 31.0 Å². The molecular formula is C16H22ClN3O. The monoisotopic (exact) mass is 307 g/mol. The van der Waals surface area contributed by atoms with E-state index in [2.05, 4.69) is 29.5 Å². The zero-order valence-electron chi connectivity index (χ0n) is 12.8. The molecule has 0 unspecified atom stereocenters. The molecule has 1 heterocycles. The van der Waals surface area contributed by atoms with Gasteiger partial charge in [0.1, 0.15) is 0 Å². The number of rotatable bonds is 7. The molecular weight excluding hydrogens is 286 g/mol. The average Bonchev–Trinajstić information content (AvgIpc) is 2.77. The zero-order valence-corrected chi connectivity index (χ0v) is 13.6. The van der Waals surface area contributed by atoms with Crippen molar-refractivity contribution >= 4 is 11.6 Å². The average molecular weight is 308 g/mol. The topological polar surface area (TPSA) is 39.1 Å². The minimum atomic E-state index is 0.630. The number of halogens is 1. The molecule has 0 amide bonds. The van der Waals surface area contributed by atoms with Gasteiger partial charge in [-0.25, -0.2) is 0 Å². The van der Waals surface area contributed by atoms with E-state index in [0.29, 0.717) is 13.2 Å². The van der Waals surface area contributed by atoms with Gasteiger partial charge in [-0.3, -0.25) is 4.68 Å². The molecule has 0 fully saturated rings. The number of hydrogen-bond donors (Lipinski definition) is 1. The van der Waals surface area contributed by atoms with Crippen LogP contribution in [0.3, 0.4) is 0 Å². The number of aryl methyl sites for hydroxylation is 2. The van der Waals surface area contributed by atoms with Crippen LogP contribution in [0.5, 0.6) is 0 Å². The lowest BCUT2D eigenvalue weighted by Crippen LogP contribution is -2.17. The first kappa shape index (κ1) is 16.0. The maximum atomic E-state index is 6.31. The number of nitrogens with one attached hydrogen (secondary N) is 1. The second kappa shape index (κ2) is 7.59. The lowest BCUT2D eigenvalue weighted by molar-refractivity contribution is 0.184. The Kier molecular flexibility index (Phi) is 5.79. The number of methoxy groups -OCH3 is 1. The largest absolute Gasteiger partial charge is 0.380 e. The third-order valence-corrected chi connectivity index (χ3v) is 3.97. The Bertz CT molecular complexity index is 595. The molecule has 0 spiro atoms. The highest BCUT2D eigenvalue weighted by atomic mass is 35.5. The quantitative estimate of drug-likeness (QED) is 0.853. The van der Waals surface area contributed by atoms with Crippen molar-refractivity contribution < 1.29 is 4.74 Å². The maximum Gasteiger partial charge on any atom is 0.0860 e. The third kappa shape index (κ3) is 3.84. The molecule has 0 saturated heterocycles. The van der Waals surface area contributed by atoms with Gasteiger partial charge in [0, 0.05) is 26.7 Å². The summed E-state index contributed by atoms with van der Waals surface area (Å²) in [4.78, 5) is 0. The van der Waals surface area contributed by atoms with Gasteiger partial charge >= 0.3 is 0 Å². The zero-order chi connectivity index (χ0) is 15.2. The molecule has 1 aromatic carbocycles. The Morgan fingerprint density at radius 2 is 1.95 bits per heavy atom. The number of aromatic nitrogens is 2. The van der Waals surface area contributed by atoms with Gasteiger partial charge in [0.05, 0.1) is 23.0 Å². The lowest BCUT2D eigenvalue weighted by atomic mass is 10.1. The van der Waals surface area contributed by atoms with Crippen LogP contribution in [0.15, 0.2) is 24.3 Å². The van der Waals surface area contributed by atoms with Gasteiger partial charge in [0.2, 0.25) is 0 Å². The summed E-state index contributed by atoms with van der Waals surface area (Å²) < 4.78 is 7.18. The standard InChI is InChI=1S/C16H22ClN3O/c1-4-20-15(16(17)12(2)19-20)10-18-9-13-7-5-6-8-14(13)11-21-3/h5-8,18H,4,9-11H2,1-3H3. The molecule has 1 N–H and O–H groups in total. The van der Waals surface area contributed by atoms with Crippen LogP contribution in [0.1, 0.15) is 29.4 Å². The van der Waals surface area contributed by atoms with Crippen molar-refractivity contribution in [1.29, 1.82) is 0 Å². The van der Waals surface area contributed by atoms with Gasteiger partial charge in [-0.15, -0.1) is 0 Å². The second-order valence-electron chi connectivity index (χ2n) is 4.97. The van der Waals surface area contributed by atoms with Crippen LogP contribution >= 0.6 is 11.6 Å². The Morgan fingerprint density at radius 3 is 2.62 bits per heavy atom. The Labute approximate surface area is 131 Å². The summed E-state index contributed by atoms with van der Waals surface area (Å²) in [7, 11) is 1.71. The number of hydrogen-bond acceptors (Lipinski definition) is 3. The maximum absolute atomic E-state index is 6.31. The summed E-state index contributed by atoms with van der Waals surface area (Å²) in [6.07, 6.45) is 0. The summed E-state index contributed by atoms with van der Waals surface area (Å²) in [5.74, 6) is 0. The van der Waals surface area contributed by atoms with Crippen molar-refractivity contribution in [3.05, 3.63) is 51.8 Å². The molecule has 5 heteroatoms. The number of benzene rings is 1. The highest BCUT2D eigenvalue weighted by Crippen LogP contribution is 2.20. The molecule has 0 radical (unpaired) electrons. The molecule has 0 aliphatic rings. The van der Waals surface area contributed by atoms with Gasteiger partial charge in [-0.1, -0.05) is 35.9 Å². The first-order chi connectivity index (χ1) is 10.2. The van der Waals surface area contributed by atoms with E-state index in [0.717, 1.165) is 29.5 Å². The van der Waals surface area contributed by atoms with E-state index >= 15 is 0 Å². The van der Waals surface area contributed by atoms with Crippen molar-refractivity contribution in [2.24, 2.45) is 0 Å². The van der Waals surface area contributed by atoms with E-state index in [1.165, 1.54) is 11.1 Å². The molecule has 2 rings (SSSR count).